The Balaban J connectivity index is 2.18. The van der Waals surface area contributed by atoms with E-state index in [0.717, 1.165) is 18.8 Å². The van der Waals surface area contributed by atoms with Crippen LogP contribution in [0.3, 0.4) is 0 Å². The number of nitrogens with one attached hydrogen (secondary N) is 1. The van der Waals surface area contributed by atoms with Gasteiger partial charge in [0.1, 0.15) is 12.4 Å². The van der Waals surface area contributed by atoms with Crippen LogP contribution in [0.5, 0.6) is 5.75 Å². The topological polar surface area (TPSA) is 47.3 Å². The summed E-state index contributed by atoms with van der Waals surface area (Å²) in [6.07, 6.45) is 0. The predicted molar refractivity (Wildman–Crippen MR) is 58.6 cm³/mol. The Bertz CT molecular complexity index is 263. The minimum Gasteiger partial charge on any atom is -0.492 e. The van der Waals surface area contributed by atoms with Gasteiger partial charge < -0.3 is 15.8 Å². The average Bonchev–Trinajstić information content (AvgIpc) is 2.18. The van der Waals surface area contributed by atoms with Gasteiger partial charge in [0, 0.05) is 19.6 Å². The molecule has 1 rings (SSSR count). The number of aryl methyl sites for hydroxylation is 1. The highest BCUT2D eigenvalue weighted by Crippen LogP contribution is 2.11. The van der Waals surface area contributed by atoms with Gasteiger partial charge in [-0.15, -0.1) is 0 Å². The van der Waals surface area contributed by atoms with E-state index in [4.69, 9.17) is 10.5 Å². The molecule has 0 fully saturated rings. The van der Waals surface area contributed by atoms with Crippen LogP contribution in [0.25, 0.3) is 0 Å². The summed E-state index contributed by atoms with van der Waals surface area (Å²) in [6.45, 7) is 5.09. The first-order valence-corrected chi connectivity index (χ1v) is 4.93. The van der Waals surface area contributed by atoms with Crippen molar-refractivity contribution in [2.75, 3.05) is 26.2 Å². The van der Waals surface area contributed by atoms with Gasteiger partial charge in [-0.1, -0.05) is 12.1 Å². The Morgan fingerprint density at radius 1 is 1.36 bits per heavy atom. The van der Waals surface area contributed by atoms with E-state index in [-0.39, 0.29) is 0 Å². The zero-order valence-electron chi connectivity index (χ0n) is 8.62. The molecule has 0 amide bonds. The summed E-state index contributed by atoms with van der Waals surface area (Å²) in [5.41, 5.74) is 6.56. The summed E-state index contributed by atoms with van der Waals surface area (Å²) in [4.78, 5) is 0. The lowest BCUT2D eigenvalue weighted by Gasteiger charge is -2.07. The highest BCUT2D eigenvalue weighted by atomic mass is 16.5. The van der Waals surface area contributed by atoms with Crippen molar-refractivity contribution in [1.29, 1.82) is 0 Å². The molecule has 3 nitrogen and oxygen atoms in total. The second-order valence-corrected chi connectivity index (χ2v) is 3.20. The predicted octanol–water partition coefficient (Wildman–Crippen LogP) is 0.922. The van der Waals surface area contributed by atoms with Crippen LogP contribution in [0, 0.1) is 6.92 Å². The van der Waals surface area contributed by atoms with Crippen molar-refractivity contribution in [3.05, 3.63) is 29.8 Å². The highest BCUT2D eigenvalue weighted by molar-refractivity contribution is 5.27. The molecule has 1 aromatic rings. The van der Waals surface area contributed by atoms with Crippen LogP contribution in [0.2, 0.25) is 0 Å². The molecular weight excluding hydrogens is 176 g/mol. The molecule has 3 heteroatoms. The largest absolute Gasteiger partial charge is 0.492 e. The molecular formula is C11H18N2O. The molecule has 3 N–H and O–H groups in total. The van der Waals surface area contributed by atoms with Crippen molar-refractivity contribution in [1.82, 2.24) is 5.32 Å². The van der Waals surface area contributed by atoms with Gasteiger partial charge in [-0.2, -0.15) is 0 Å². The fraction of sp³-hybridized carbons (Fsp3) is 0.455. The molecule has 0 unspecified atom stereocenters. The van der Waals surface area contributed by atoms with Gasteiger partial charge in [-0.25, -0.2) is 0 Å². The molecule has 78 valence electrons. The minimum absolute atomic E-state index is 0.671. The van der Waals surface area contributed by atoms with E-state index in [9.17, 15) is 0 Å². The van der Waals surface area contributed by atoms with E-state index in [0.29, 0.717) is 13.2 Å². The van der Waals surface area contributed by atoms with Gasteiger partial charge in [0.05, 0.1) is 0 Å². The summed E-state index contributed by atoms with van der Waals surface area (Å²) < 4.78 is 5.53. The summed E-state index contributed by atoms with van der Waals surface area (Å²) in [7, 11) is 0. The third-order valence-corrected chi connectivity index (χ3v) is 1.86. The minimum atomic E-state index is 0.671. The normalized spacial score (nSPS) is 10.1. The molecule has 0 aliphatic carbocycles. The second-order valence-electron chi connectivity index (χ2n) is 3.20. The van der Waals surface area contributed by atoms with Gasteiger partial charge in [0.15, 0.2) is 0 Å². The summed E-state index contributed by atoms with van der Waals surface area (Å²) in [6, 6.07) is 8.05. The molecule has 0 aliphatic heterocycles. The Morgan fingerprint density at radius 3 is 2.93 bits per heavy atom. The number of rotatable bonds is 6. The number of nitrogens with two attached hydrogens (primary N) is 1. The van der Waals surface area contributed by atoms with Gasteiger partial charge in [-0.05, 0) is 24.6 Å². The zero-order chi connectivity index (χ0) is 10.2. The smallest absolute Gasteiger partial charge is 0.119 e. The lowest BCUT2D eigenvalue weighted by molar-refractivity contribution is 0.314. The molecule has 0 bridgehead atoms. The van der Waals surface area contributed by atoms with Gasteiger partial charge in [0.2, 0.25) is 0 Å². The molecule has 0 radical (unpaired) electrons. The number of ether oxygens (including phenoxy) is 1. The molecule has 0 saturated heterocycles. The van der Waals surface area contributed by atoms with E-state index < -0.39 is 0 Å². The lowest BCUT2D eigenvalue weighted by atomic mass is 10.2. The van der Waals surface area contributed by atoms with Crippen molar-refractivity contribution >= 4 is 0 Å². The van der Waals surface area contributed by atoms with Crippen LogP contribution in [-0.4, -0.2) is 26.2 Å². The van der Waals surface area contributed by atoms with Crippen LogP contribution in [0.15, 0.2) is 24.3 Å². The maximum Gasteiger partial charge on any atom is 0.119 e. The fourth-order valence-electron chi connectivity index (χ4n) is 1.17. The third-order valence-electron chi connectivity index (χ3n) is 1.86. The van der Waals surface area contributed by atoms with Gasteiger partial charge in [0.25, 0.3) is 0 Å². The summed E-state index contributed by atoms with van der Waals surface area (Å²) in [5, 5.41) is 3.17. The van der Waals surface area contributed by atoms with Crippen molar-refractivity contribution in [2.45, 2.75) is 6.92 Å². The van der Waals surface area contributed by atoms with Crippen molar-refractivity contribution in [3.8, 4) is 5.75 Å². The molecule has 0 saturated carbocycles. The second kappa shape index (κ2) is 6.40. The zero-order valence-corrected chi connectivity index (χ0v) is 8.62. The number of hydrogen-bond donors (Lipinski definition) is 2. The van der Waals surface area contributed by atoms with E-state index in [1.807, 2.05) is 18.2 Å². The van der Waals surface area contributed by atoms with Crippen molar-refractivity contribution in [3.63, 3.8) is 0 Å². The maximum absolute atomic E-state index is 5.53. The molecule has 0 spiro atoms. The van der Waals surface area contributed by atoms with Gasteiger partial charge >= 0.3 is 0 Å². The number of benzene rings is 1. The summed E-state index contributed by atoms with van der Waals surface area (Å²) >= 11 is 0. The molecule has 0 heterocycles. The Labute approximate surface area is 85.3 Å². The Hall–Kier alpha value is -1.06. The number of hydrogen-bond acceptors (Lipinski definition) is 3. The van der Waals surface area contributed by atoms with Crippen LogP contribution in [-0.2, 0) is 0 Å². The molecule has 0 atom stereocenters. The fourth-order valence-corrected chi connectivity index (χ4v) is 1.17. The van der Waals surface area contributed by atoms with Crippen LogP contribution in [0.4, 0.5) is 0 Å². The van der Waals surface area contributed by atoms with Crippen molar-refractivity contribution < 1.29 is 4.74 Å². The van der Waals surface area contributed by atoms with E-state index >= 15 is 0 Å². The highest BCUT2D eigenvalue weighted by Gasteiger charge is 1.92. The molecule has 0 aromatic heterocycles. The Kier molecular flexibility index (Phi) is 5.04. The van der Waals surface area contributed by atoms with Crippen molar-refractivity contribution in [2.24, 2.45) is 5.73 Å². The quantitative estimate of drug-likeness (QED) is 0.662. The molecule has 14 heavy (non-hydrogen) atoms. The van der Waals surface area contributed by atoms with Crippen LogP contribution in [0.1, 0.15) is 5.56 Å². The SMILES string of the molecule is Cc1cccc(OCCNCCN)c1. The van der Waals surface area contributed by atoms with E-state index in [1.165, 1.54) is 5.56 Å². The maximum atomic E-state index is 5.53. The average molecular weight is 194 g/mol. The lowest BCUT2D eigenvalue weighted by Crippen LogP contribution is -2.26. The van der Waals surface area contributed by atoms with Gasteiger partial charge in [-0.3, -0.25) is 0 Å². The third kappa shape index (κ3) is 4.25. The van der Waals surface area contributed by atoms with E-state index in [2.05, 4.69) is 18.3 Å². The monoisotopic (exact) mass is 194 g/mol. The first kappa shape index (κ1) is 11.0. The first-order valence-electron chi connectivity index (χ1n) is 4.93. The standard InChI is InChI=1S/C11H18N2O/c1-10-3-2-4-11(9-10)14-8-7-13-6-5-12/h2-4,9,13H,5-8,12H2,1H3. The summed E-state index contributed by atoms with van der Waals surface area (Å²) in [5.74, 6) is 0.930. The Morgan fingerprint density at radius 2 is 2.21 bits per heavy atom. The van der Waals surface area contributed by atoms with Crippen LogP contribution >= 0.6 is 0 Å². The van der Waals surface area contributed by atoms with E-state index in [1.54, 1.807) is 0 Å². The molecule has 1 aromatic carbocycles. The van der Waals surface area contributed by atoms with Crippen LogP contribution < -0.4 is 15.8 Å². The first-order chi connectivity index (χ1) is 6.83. The molecule has 0 aliphatic rings.